The van der Waals surface area contributed by atoms with Gasteiger partial charge >= 0.3 is 0 Å². The second-order valence-electron chi connectivity index (χ2n) is 6.61. The minimum atomic E-state index is 0.0286. The quantitative estimate of drug-likeness (QED) is 0.825. The summed E-state index contributed by atoms with van der Waals surface area (Å²) in [6.07, 6.45) is 0.0337. The molecule has 1 heterocycles. The number of hydrogen-bond donors (Lipinski definition) is 0. The lowest BCUT2D eigenvalue weighted by molar-refractivity contribution is 0.0740. The van der Waals surface area contributed by atoms with Gasteiger partial charge in [-0.1, -0.05) is 24.3 Å². The Balaban J connectivity index is 1.69. The van der Waals surface area contributed by atoms with Crippen LogP contribution in [0.3, 0.4) is 0 Å². The zero-order valence-electron chi connectivity index (χ0n) is 15.6. The fourth-order valence-corrected chi connectivity index (χ4v) is 3.21. The Morgan fingerprint density at radius 3 is 2.19 bits per heavy atom. The van der Waals surface area contributed by atoms with Gasteiger partial charge in [0.1, 0.15) is 11.5 Å². The number of piperazine rings is 1. The van der Waals surface area contributed by atoms with E-state index in [-0.39, 0.29) is 12.0 Å². The van der Waals surface area contributed by atoms with E-state index in [4.69, 9.17) is 9.47 Å². The van der Waals surface area contributed by atoms with E-state index in [0.717, 1.165) is 24.5 Å². The number of rotatable bonds is 5. The van der Waals surface area contributed by atoms with Crippen molar-refractivity contribution in [3.63, 3.8) is 0 Å². The van der Waals surface area contributed by atoms with Crippen molar-refractivity contribution in [3.05, 3.63) is 54.1 Å². The minimum absolute atomic E-state index is 0.0286. The first-order valence-electron chi connectivity index (χ1n) is 9.03. The number of hydrogen-bond acceptors (Lipinski definition) is 4. The van der Waals surface area contributed by atoms with Gasteiger partial charge in [-0.25, -0.2) is 0 Å². The molecule has 3 rings (SSSR count). The molecule has 0 bridgehead atoms. The van der Waals surface area contributed by atoms with Gasteiger partial charge in [-0.15, -0.1) is 0 Å². The predicted octanol–water partition coefficient (Wildman–Crippen LogP) is 3.44. The first kappa shape index (κ1) is 18.1. The molecule has 1 fully saturated rings. The molecule has 2 aromatic carbocycles. The average molecular weight is 354 g/mol. The van der Waals surface area contributed by atoms with Crippen molar-refractivity contribution >= 4 is 11.6 Å². The molecule has 0 aromatic heterocycles. The van der Waals surface area contributed by atoms with Gasteiger partial charge in [0.25, 0.3) is 5.91 Å². The van der Waals surface area contributed by atoms with Crippen LogP contribution in [-0.4, -0.2) is 50.2 Å². The van der Waals surface area contributed by atoms with Crippen molar-refractivity contribution < 1.29 is 14.3 Å². The molecule has 26 heavy (non-hydrogen) atoms. The molecule has 0 atom stereocenters. The molecule has 1 aliphatic rings. The summed E-state index contributed by atoms with van der Waals surface area (Å²) in [5, 5.41) is 0. The third-order valence-corrected chi connectivity index (χ3v) is 4.47. The van der Waals surface area contributed by atoms with E-state index < -0.39 is 0 Å². The Labute approximate surface area is 155 Å². The SMILES string of the molecule is COc1ccccc1N1CCN(C(=O)c2ccccc2OC(C)C)CC1. The second kappa shape index (κ2) is 8.13. The lowest BCUT2D eigenvalue weighted by Gasteiger charge is -2.36. The van der Waals surface area contributed by atoms with E-state index in [9.17, 15) is 4.79 Å². The Kier molecular flexibility index (Phi) is 5.66. The highest BCUT2D eigenvalue weighted by atomic mass is 16.5. The zero-order chi connectivity index (χ0) is 18.5. The second-order valence-corrected chi connectivity index (χ2v) is 6.61. The average Bonchev–Trinajstić information content (AvgIpc) is 2.67. The maximum absolute atomic E-state index is 13.0. The maximum Gasteiger partial charge on any atom is 0.257 e. The molecule has 2 aromatic rings. The summed E-state index contributed by atoms with van der Waals surface area (Å²) in [7, 11) is 1.68. The van der Waals surface area contributed by atoms with Crippen LogP contribution >= 0.6 is 0 Å². The molecule has 0 spiro atoms. The van der Waals surface area contributed by atoms with E-state index in [1.54, 1.807) is 7.11 Å². The van der Waals surface area contributed by atoms with Gasteiger partial charge < -0.3 is 19.3 Å². The first-order valence-corrected chi connectivity index (χ1v) is 9.03. The summed E-state index contributed by atoms with van der Waals surface area (Å²) in [6, 6.07) is 15.5. The molecule has 138 valence electrons. The fourth-order valence-electron chi connectivity index (χ4n) is 3.21. The summed E-state index contributed by atoms with van der Waals surface area (Å²) in [4.78, 5) is 17.1. The number of carbonyl (C=O) groups excluding carboxylic acids is 1. The predicted molar refractivity (Wildman–Crippen MR) is 103 cm³/mol. The van der Waals surface area contributed by atoms with Gasteiger partial charge in [0.2, 0.25) is 0 Å². The monoisotopic (exact) mass is 354 g/mol. The highest BCUT2D eigenvalue weighted by Gasteiger charge is 2.25. The molecule has 1 amide bonds. The van der Waals surface area contributed by atoms with Crippen LogP contribution in [0, 0.1) is 0 Å². The van der Waals surface area contributed by atoms with Gasteiger partial charge in [0, 0.05) is 26.2 Å². The summed E-state index contributed by atoms with van der Waals surface area (Å²) in [5.41, 5.74) is 1.71. The molecule has 5 nitrogen and oxygen atoms in total. The molecule has 1 aliphatic heterocycles. The van der Waals surface area contributed by atoms with Crippen molar-refractivity contribution in [2.45, 2.75) is 20.0 Å². The van der Waals surface area contributed by atoms with E-state index in [2.05, 4.69) is 11.0 Å². The maximum atomic E-state index is 13.0. The number of amides is 1. The Bertz CT molecular complexity index is 752. The van der Waals surface area contributed by atoms with Gasteiger partial charge in [-0.3, -0.25) is 4.79 Å². The Morgan fingerprint density at radius 1 is 0.923 bits per heavy atom. The van der Waals surface area contributed by atoms with Crippen LogP contribution in [0.25, 0.3) is 0 Å². The summed E-state index contributed by atoms with van der Waals surface area (Å²) in [6.45, 7) is 6.83. The number of anilines is 1. The highest BCUT2D eigenvalue weighted by Crippen LogP contribution is 2.29. The molecule has 0 saturated carbocycles. The molecular weight excluding hydrogens is 328 g/mol. The number of ether oxygens (including phenoxy) is 2. The topological polar surface area (TPSA) is 42.0 Å². The number of methoxy groups -OCH3 is 1. The van der Waals surface area contributed by atoms with Crippen molar-refractivity contribution in [2.24, 2.45) is 0 Å². The smallest absolute Gasteiger partial charge is 0.257 e. The number of benzene rings is 2. The molecule has 1 saturated heterocycles. The number of para-hydroxylation sites is 3. The normalized spacial score (nSPS) is 14.5. The van der Waals surface area contributed by atoms with Gasteiger partial charge in [-0.2, -0.15) is 0 Å². The van der Waals surface area contributed by atoms with Gasteiger partial charge in [-0.05, 0) is 38.1 Å². The Morgan fingerprint density at radius 2 is 1.54 bits per heavy atom. The van der Waals surface area contributed by atoms with Crippen LogP contribution in [-0.2, 0) is 0 Å². The summed E-state index contributed by atoms with van der Waals surface area (Å²) >= 11 is 0. The van der Waals surface area contributed by atoms with Crippen molar-refractivity contribution in [2.75, 3.05) is 38.2 Å². The molecular formula is C21H26N2O3. The van der Waals surface area contributed by atoms with Gasteiger partial charge in [0.05, 0.1) is 24.5 Å². The van der Waals surface area contributed by atoms with Gasteiger partial charge in [0.15, 0.2) is 0 Å². The number of nitrogens with zero attached hydrogens (tertiary/aromatic N) is 2. The van der Waals surface area contributed by atoms with E-state index >= 15 is 0 Å². The third-order valence-electron chi connectivity index (χ3n) is 4.47. The van der Waals surface area contributed by atoms with Crippen LogP contribution in [0.4, 0.5) is 5.69 Å². The molecule has 5 heteroatoms. The van der Waals surface area contributed by atoms with E-state index in [1.165, 1.54) is 0 Å². The first-order chi connectivity index (χ1) is 12.6. The van der Waals surface area contributed by atoms with Crippen LogP contribution < -0.4 is 14.4 Å². The zero-order valence-corrected chi connectivity index (χ0v) is 15.6. The van der Waals surface area contributed by atoms with Crippen LogP contribution in [0.2, 0.25) is 0 Å². The number of carbonyl (C=O) groups is 1. The molecule has 0 aliphatic carbocycles. The lowest BCUT2D eigenvalue weighted by atomic mass is 10.1. The molecule has 0 N–H and O–H groups in total. The van der Waals surface area contributed by atoms with E-state index in [0.29, 0.717) is 24.4 Å². The van der Waals surface area contributed by atoms with Crippen LogP contribution in [0.1, 0.15) is 24.2 Å². The lowest BCUT2D eigenvalue weighted by Crippen LogP contribution is -2.49. The minimum Gasteiger partial charge on any atom is -0.495 e. The highest BCUT2D eigenvalue weighted by molar-refractivity contribution is 5.97. The fraction of sp³-hybridized carbons (Fsp3) is 0.381. The van der Waals surface area contributed by atoms with Crippen molar-refractivity contribution in [3.8, 4) is 11.5 Å². The van der Waals surface area contributed by atoms with Crippen LogP contribution in [0.15, 0.2) is 48.5 Å². The third kappa shape index (κ3) is 3.93. The van der Waals surface area contributed by atoms with Crippen molar-refractivity contribution in [1.82, 2.24) is 4.90 Å². The summed E-state index contributed by atoms with van der Waals surface area (Å²) < 4.78 is 11.3. The standard InChI is InChI=1S/C21H26N2O3/c1-16(2)26-19-10-6-4-8-17(19)21(24)23-14-12-22(13-15-23)18-9-5-7-11-20(18)25-3/h4-11,16H,12-15H2,1-3H3. The van der Waals surface area contributed by atoms with Crippen molar-refractivity contribution in [1.29, 1.82) is 0 Å². The molecule has 0 unspecified atom stereocenters. The Hall–Kier alpha value is -2.69. The molecule has 0 radical (unpaired) electrons. The largest absolute Gasteiger partial charge is 0.495 e. The van der Waals surface area contributed by atoms with Crippen LogP contribution in [0.5, 0.6) is 11.5 Å². The summed E-state index contributed by atoms with van der Waals surface area (Å²) in [5.74, 6) is 1.54. The van der Waals surface area contributed by atoms with E-state index in [1.807, 2.05) is 61.2 Å².